The average Bonchev–Trinajstić information content (AvgIpc) is 3.16. The lowest BCUT2D eigenvalue weighted by atomic mass is 9.75. The van der Waals surface area contributed by atoms with E-state index in [4.69, 9.17) is 15.7 Å². The standard InChI is InChI=1S/C28H28N4/c1-4-14-32-27(19(3)29)26(31-28(32)23-15-18(2)16-23)22-11-10-21-12-13-24(30-25(21)17-22)20-8-6-5-7-9-20/h4-14,17-18,23H,3,15-16,29H2,1-2H3/b14-4-. The fourth-order valence-electron chi connectivity index (χ4n) is 4.69. The number of nitrogens with two attached hydrogens (primary N) is 1. The zero-order chi connectivity index (χ0) is 22.2. The van der Waals surface area contributed by atoms with Gasteiger partial charge in [0, 0.05) is 28.6 Å². The molecule has 5 rings (SSSR count). The van der Waals surface area contributed by atoms with Crippen LogP contribution in [0.25, 0.3) is 45.3 Å². The van der Waals surface area contributed by atoms with Crippen LogP contribution in [0.4, 0.5) is 0 Å². The third-order valence-corrected chi connectivity index (χ3v) is 6.31. The van der Waals surface area contributed by atoms with Gasteiger partial charge in [0.25, 0.3) is 0 Å². The molecule has 0 bridgehead atoms. The lowest BCUT2D eigenvalue weighted by Crippen LogP contribution is -2.22. The summed E-state index contributed by atoms with van der Waals surface area (Å²) in [4.78, 5) is 10.0. The molecule has 1 aliphatic rings. The van der Waals surface area contributed by atoms with E-state index in [0.29, 0.717) is 11.6 Å². The maximum absolute atomic E-state index is 6.29. The van der Waals surface area contributed by atoms with Gasteiger partial charge < -0.3 is 10.3 Å². The van der Waals surface area contributed by atoms with Gasteiger partial charge in [-0.1, -0.05) is 68.1 Å². The van der Waals surface area contributed by atoms with Crippen molar-refractivity contribution in [2.45, 2.75) is 32.6 Å². The second-order valence-electron chi connectivity index (χ2n) is 8.79. The minimum absolute atomic E-state index is 0.455. The van der Waals surface area contributed by atoms with Gasteiger partial charge in [0.2, 0.25) is 0 Å². The molecule has 0 radical (unpaired) electrons. The van der Waals surface area contributed by atoms with E-state index in [0.717, 1.165) is 63.7 Å². The van der Waals surface area contributed by atoms with Gasteiger partial charge in [-0.15, -0.1) is 0 Å². The van der Waals surface area contributed by atoms with Crippen molar-refractivity contribution in [1.29, 1.82) is 0 Å². The Morgan fingerprint density at radius 2 is 1.78 bits per heavy atom. The molecule has 2 heterocycles. The van der Waals surface area contributed by atoms with Crippen molar-refractivity contribution in [3.8, 4) is 22.5 Å². The van der Waals surface area contributed by atoms with Crippen molar-refractivity contribution in [2.24, 2.45) is 11.7 Å². The SMILES string of the molecule is C=C(N)c1c(-c2ccc3ccc(-c4ccccc4)nc3c2)nc(C2CC(C)C2)n1/C=C\C. The molecule has 1 fully saturated rings. The topological polar surface area (TPSA) is 56.7 Å². The van der Waals surface area contributed by atoms with E-state index in [-0.39, 0.29) is 0 Å². The van der Waals surface area contributed by atoms with Gasteiger partial charge in [-0.25, -0.2) is 9.97 Å². The highest BCUT2D eigenvalue weighted by atomic mass is 15.1. The molecule has 1 aliphatic carbocycles. The number of hydrogen-bond acceptors (Lipinski definition) is 3. The van der Waals surface area contributed by atoms with Gasteiger partial charge >= 0.3 is 0 Å². The van der Waals surface area contributed by atoms with E-state index in [2.05, 4.69) is 66.7 Å². The van der Waals surface area contributed by atoms with E-state index in [9.17, 15) is 0 Å². The summed E-state index contributed by atoms with van der Waals surface area (Å²) in [5, 5.41) is 1.10. The van der Waals surface area contributed by atoms with Crippen LogP contribution in [0.3, 0.4) is 0 Å². The summed E-state index contributed by atoms with van der Waals surface area (Å²) in [5.74, 6) is 2.27. The molecule has 4 nitrogen and oxygen atoms in total. The zero-order valence-corrected chi connectivity index (χ0v) is 18.6. The molecule has 160 valence electrons. The summed E-state index contributed by atoms with van der Waals surface area (Å²) in [5.41, 5.74) is 12.6. The van der Waals surface area contributed by atoms with Crippen LogP contribution in [0.5, 0.6) is 0 Å². The summed E-state index contributed by atoms with van der Waals surface area (Å²) >= 11 is 0. The number of imidazole rings is 1. The Labute approximate surface area is 189 Å². The third-order valence-electron chi connectivity index (χ3n) is 6.31. The fourth-order valence-corrected chi connectivity index (χ4v) is 4.69. The van der Waals surface area contributed by atoms with Gasteiger partial charge in [-0.3, -0.25) is 0 Å². The molecule has 2 N–H and O–H groups in total. The molecule has 0 amide bonds. The van der Waals surface area contributed by atoms with E-state index in [1.165, 1.54) is 0 Å². The van der Waals surface area contributed by atoms with Crippen LogP contribution in [0.1, 0.15) is 44.1 Å². The molecule has 0 atom stereocenters. The van der Waals surface area contributed by atoms with Gasteiger partial charge in [-0.05, 0) is 37.8 Å². The minimum Gasteiger partial charge on any atom is -0.397 e. The highest BCUT2D eigenvalue weighted by Gasteiger charge is 2.32. The second-order valence-corrected chi connectivity index (χ2v) is 8.79. The molecule has 32 heavy (non-hydrogen) atoms. The Kier molecular flexibility index (Phi) is 5.14. The van der Waals surface area contributed by atoms with Crippen molar-refractivity contribution >= 4 is 22.8 Å². The molecule has 0 spiro atoms. The first-order valence-corrected chi connectivity index (χ1v) is 11.2. The predicted molar refractivity (Wildman–Crippen MR) is 134 cm³/mol. The van der Waals surface area contributed by atoms with Crippen molar-refractivity contribution in [3.63, 3.8) is 0 Å². The van der Waals surface area contributed by atoms with Crippen LogP contribution in [0, 0.1) is 5.92 Å². The fraction of sp³-hybridized carbons (Fsp3) is 0.214. The van der Waals surface area contributed by atoms with Gasteiger partial charge in [0.1, 0.15) is 5.82 Å². The number of nitrogens with zero attached hydrogens (tertiary/aromatic N) is 3. The van der Waals surface area contributed by atoms with Crippen LogP contribution in [-0.2, 0) is 0 Å². The average molecular weight is 421 g/mol. The molecule has 4 aromatic rings. The normalized spacial score (nSPS) is 18.2. The number of fused-ring (bicyclic) bond motifs is 1. The maximum atomic E-state index is 6.29. The van der Waals surface area contributed by atoms with Crippen molar-refractivity contribution in [1.82, 2.24) is 14.5 Å². The Hall–Kier alpha value is -3.66. The zero-order valence-electron chi connectivity index (χ0n) is 18.6. The van der Waals surface area contributed by atoms with Crippen molar-refractivity contribution in [2.75, 3.05) is 0 Å². The number of hydrogen-bond donors (Lipinski definition) is 1. The van der Waals surface area contributed by atoms with Gasteiger partial charge in [0.15, 0.2) is 0 Å². The molecular formula is C28H28N4. The van der Waals surface area contributed by atoms with Crippen molar-refractivity contribution in [3.05, 3.63) is 84.8 Å². The maximum Gasteiger partial charge on any atom is 0.117 e. The largest absolute Gasteiger partial charge is 0.397 e. The Morgan fingerprint density at radius 3 is 2.47 bits per heavy atom. The monoisotopic (exact) mass is 420 g/mol. The second kappa shape index (κ2) is 8.12. The summed E-state index contributed by atoms with van der Waals surface area (Å²) < 4.78 is 2.13. The number of benzene rings is 2. The van der Waals surface area contributed by atoms with Gasteiger partial charge in [-0.2, -0.15) is 0 Å². The first-order valence-electron chi connectivity index (χ1n) is 11.2. The number of pyridine rings is 1. The minimum atomic E-state index is 0.455. The number of allylic oxidation sites excluding steroid dienone is 1. The van der Waals surface area contributed by atoms with E-state index in [1.807, 2.05) is 31.2 Å². The smallest absolute Gasteiger partial charge is 0.117 e. The van der Waals surface area contributed by atoms with E-state index < -0.39 is 0 Å². The van der Waals surface area contributed by atoms with Crippen LogP contribution in [0.15, 0.2) is 73.3 Å². The van der Waals surface area contributed by atoms with Gasteiger partial charge in [0.05, 0.1) is 28.3 Å². The lowest BCUT2D eigenvalue weighted by molar-refractivity contribution is 0.277. The van der Waals surface area contributed by atoms with Crippen molar-refractivity contribution < 1.29 is 0 Å². The Morgan fingerprint density at radius 1 is 1.03 bits per heavy atom. The molecule has 0 aliphatic heterocycles. The van der Waals surface area contributed by atoms with Crippen LogP contribution >= 0.6 is 0 Å². The molecule has 4 heteroatoms. The molecular weight excluding hydrogens is 392 g/mol. The molecule has 0 unspecified atom stereocenters. The molecule has 0 saturated heterocycles. The summed E-state index contributed by atoms with van der Waals surface area (Å²) in [6.07, 6.45) is 6.39. The summed E-state index contributed by atoms with van der Waals surface area (Å²) in [6.45, 7) is 8.38. The lowest BCUT2D eigenvalue weighted by Gasteiger charge is -2.32. The summed E-state index contributed by atoms with van der Waals surface area (Å²) in [6, 6.07) is 20.8. The first kappa shape index (κ1) is 20.3. The quantitative estimate of drug-likeness (QED) is 0.391. The predicted octanol–water partition coefficient (Wildman–Crippen LogP) is 6.70. The van der Waals surface area contributed by atoms with Crippen LogP contribution in [0.2, 0.25) is 0 Å². The Balaban J connectivity index is 1.65. The highest BCUT2D eigenvalue weighted by Crippen LogP contribution is 2.43. The third kappa shape index (κ3) is 3.52. The number of rotatable bonds is 5. The first-order chi connectivity index (χ1) is 15.5. The Bertz CT molecular complexity index is 1320. The molecule has 2 aromatic carbocycles. The van der Waals surface area contributed by atoms with E-state index in [1.54, 1.807) is 0 Å². The highest BCUT2D eigenvalue weighted by molar-refractivity contribution is 5.88. The summed E-state index contributed by atoms with van der Waals surface area (Å²) in [7, 11) is 0. The van der Waals surface area contributed by atoms with E-state index >= 15 is 0 Å². The molecule has 2 aromatic heterocycles. The molecule has 1 saturated carbocycles. The van der Waals surface area contributed by atoms with Crippen LogP contribution in [-0.4, -0.2) is 14.5 Å². The van der Waals surface area contributed by atoms with Crippen LogP contribution < -0.4 is 5.73 Å². The number of aromatic nitrogens is 3.